The second kappa shape index (κ2) is 7.21. The summed E-state index contributed by atoms with van der Waals surface area (Å²) in [6.45, 7) is 5.91. The molecular weight excluding hydrogens is 231 g/mol. The first-order valence-electron chi connectivity index (χ1n) is 6.45. The third-order valence-corrected chi connectivity index (χ3v) is 3.10. The van der Waals surface area contributed by atoms with Gasteiger partial charge in [0.15, 0.2) is 11.6 Å². The van der Waals surface area contributed by atoms with E-state index < -0.39 is 0 Å². The van der Waals surface area contributed by atoms with E-state index in [1.807, 2.05) is 24.9 Å². The number of rotatable bonds is 7. The summed E-state index contributed by atoms with van der Waals surface area (Å²) in [5.74, 6) is 0.423. The van der Waals surface area contributed by atoms with E-state index in [1.54, 1.807) is 6.07 Å². The Labute approximate surface area is 109 Å². The molecule has 0 spiro atoms. The molecule has 0 saturated carbocycles. The van der Waals surface area contributed by atoms with Gasteiger partial charge in [0, 0.05) is 25.3 Å². The van der Waals surface area contributed by atoms with E-state index in [-0.39, 0.29) is 5.82 Å². The molecule has 0 radical (unpaired) electrons. The molecule has 0 aliphatic carbocycles. The minimum absolute atomic E-state index is 0.306. The number of hydrogen-bond acceptors (Lipinski definition) is 3. The van der Waals surface area contributed by atoms with Gasteiger partial charge in [-0.15, -0.1) is 0 Å². The fourth-order valence-corrected chi connectivity index (χ4v) is 1.86. The molecule has 1 unspecified atom stereocenters. The predicted octanol–water partition coefficient (Wildman–Crippen LogP) is 2.65. The Hall–Kier alpha value is -1.29. The molecule has 3 nitrogen and oxygen atoms in total. The fraction of sp³-hybridized carbons (Fsp3) is 0.571. The van der Waals surface area contributed by atoms with Crippen molar-refractivity contribution >= 4 is 5.69 Å². The van der Waals surface area contributed by atoms with Crippen LogP contribution in [0, 0.1) is 11.7 Å². The van der Waals surface area contributed by atoms with Gasteiger partial charge in [-0.2, -0.15) is 0 Å². The van der Waals surface area contributed by atoms with Gasteiger partial charge < -0.3 is 15.4 Å². The normalized spacial score (nSPS) is 12.3. The van der Waals surface area contributed by atoms with Crippen LogP contribution in [-0.2, 0) is 0 Å². The average molecular weight is 254 g/mol. The number of halogens is 1. The largest absolute Gasteiger partial charge is 0.491 e. The van der Waals surface area contributed by atoms with Crippen molar-refractivity contribution in [1.29, 1.82) is 0 Å². The van der Waals surface area contributed by atoms with Crippen molar-refractivity contribution in [2.75, 3.05) is 31.6 Å². The van der Waals surface area contributed by atoms with Crippen molar-refractivity contribution in [3.05, 3.63) is 24.0 Å². The fourth-order valence-electron chi connectivity index (χ4n) is 1.86. The van der Waals surface area contributed by atoms with Crippen LogP contribution in [0.25, 0.3) is 0 Å². The molecule has 0 fully saturated rings. The summed E-state index contributed by atoms with van der Waals surface area (Å²) in [6.07, 6.45) is 1.03. The summed E-state index contributed by atoms with van der Waals surface area (Å²) in [5, 5.41) is 0. The lowest BCUT2D eigenvalue weighted by molar-refractivity contribution is 0.321. The standard InChI is InChI=1S/C14H23FN2O/c1-4-11(9-16)10-17(3)12-6-7-14(18-5-2)13(15)8-12/h6-8,11H,4-5,9-10,16H2,1-3H3. The molecule has 1 aromatic rings. The van der Waals surface area contributed by atoms with Gasteiger partial charge >= 0.3 is 0 Å². The zero-order valence-electron chi connectivity index (χ0n) is 11.4. The topological polar surface area (TPSA) is 38.5 Å². The van der Waals surface area contributed by atoms with Crippen LogP contribution in [0.15, 0.2) is 18.2 Å². The zero-order valence-corrected chi connectivity index (χ0v) is 11.4. The number of nitrogens with zero attached hydrogens (tertiary/aromatic N) is 1. The van der Waals surface area contributed by atoms with Crippen LogP contribution in [0.2, 0.25) is 0 Å². The summed E-state index contributed by atoms with van der Waals surface area (Å²) in [6, 6.07) is 5.06. The highest BCUT2D eigenvalue weighted by Gasteiger charge is 2.11. The van der Waals surface area contributed by atoms with E-state index in [2.05, 4.69) is 6.92 Å². The SMILES string of the molecule is CCOc1ccc(N(C)CC(CC)CN)cc1F. The second-order valence-corrected chi connectivity index (χ2v) is 4.44. The van der Waals surface area contributed by atoms with Crippen LogP contribution in [0.3, 0.4) is 0 Å². The van der Waals surface area contributed by atoms with Gasteiger partial charge in [0.2, 0.25) is 0 Å². The number of hydrogen-bond donors (Lipinski definition) is 1. The summed E-state index contributed by atoms with van der Waals surface area (Å²) < 4.78 is 18.9. The van der Waals surface area contributed by atoms with Gasteiger partial charge in [0.1, 0.15) is 0 Å². The summed E-state index contributed by atoms with van der Waals surface area (Å²) in [5.41, 5.74) is 6.53. The third kappa shape index (κ3) is 3.88. The van der Waals surface area contributed by atoms with Crippen molar-refractivity contribution < 1.29 is 9.13 Å². The Kier molecular flexibility index (Phi) is 5.92. The number of ether oxygens (including phenoxy) is 1. The molecule has 4 heteroatoms. The van der Waals surface area contributed by atoms with E-state index in [0.29, 0.717) is 24.8 Å². The monoisotopic (exact) mass is 254 g/mol. The van der Waals surface area contributed by atoms with Crippen molar-refractivity contribution in [2.45, 2.75) is 20.3 Å². The molecule has 2 N–H and O–H groups in total. The Morgan fingerprint density at radius 2 is 2.11 bits per heavy atom. The lowest BCUT2D eigenvalue weighted by atomic mass is 10.1. The molecule has 1 rings (SSSR count). The van der Waals surface area contributed by atoms with E-state index in [9.17, 15) is 4.39 Å². The van der Waals surface area contributed by atoms with Crippen molar-refractivity contribution in [3.63, 3.8) is 0 Å². The number of benzene rings is 1. The molecule has 0 heterocycles. The lowest BCUT2D eigenvalue weighted by Crippen LogP contribution is -2.29. The maximum Gasteiger partial charge on any atom is 0.167 e. The molecule has 0 saturated heterocycles. The first-order chi connectivity index (χ1) is 8.62. The summed E-state index contributed by atoms with van der Waals surface area (Å²) in [4.78, 5) is 2.03. The van der Waals surface area contributed by atoms with Crippen molar-refractivity contribution in [1.82, 2.24) is 0 Å². The van der Waals surface area contributed by atoms with Crippen LogP contribution in [0.5, 0.6) is 5.75 Å². The highest BCUT2D eigenvalue weighted by Crippen LogP contribution is 2.23. The number of nitrogens with two attached hydrogens (primary N) is 1. The minimum atomic E-state index is -0.318. The Bertz CT molecular complexity index is 367. The van der Waals surface area contributed by atoms with Gasteiger partial charge in [-0.25, -0.2) is 4.39 Å². The Morgan fingerprint density at radius 1 is 1.39 bits per heavy atom. The lowest BCUT2D eigenvalue weighted by Gasteiger charge is -2.24. The zero-order chi connectivity index (χ0) is 13.5. The molecule has 0 amide bonds. The molecule has 0 bridgehead atoms. The quantitative estimate of drug-likeness (QED) is 0.813. The molecule has 0 aliphatic rings. The second-order valence-electron chi connectivity index (χ2n) is 4.44. The van der Waals surface area contributed by atoms with E-state index in [4.69, 9.17) is 10.5 Å². The van der Waals surface area contributed by atoms with Crippen LogP contribution in [0.4, 0.5) is 10.1 Å². The van der Waals surface area contributed by atoms with E-state index in [0.717, 1.165) is 18.7 Å². The minimum Gasteiger partial charge on any atom is -0.491 e. The van der Waals surface area contributed by atoms with E-state index in [1.165, 1.54) is 6.07 Å². The highest BCUT2D eigenvalue weighted by molar-refractivity contribution is 5.49. The van der Waals surface area contributed by atoms with Gasteiger partial charge in [0.25, 0.3) is 0 Å². The van der Waals surface area contributed by atoms with Crippen LogP contribution >= 0.6 is 0 Å². The Balaban J connectivity index is 2.74. The van der Waals surface area contributed by atoms with Gasteiger partial charge in [-0.1, -0.05) is 13.3 Å². The maximum absolute atomic E-state index is 13.7. The first kappa shape index (κ1) is 14.8. The van der Waals surface area contributed by atoms with Crippen LogP contribution in [0.1, 0.15) is 20.3 Å². The van der Waals surface area contributed by atoms with Crippen LogP contribution < -0.4 is 15.4 Å². The molecule has 102 valence electrons. The first-order valence-corrected chi connectivity index (χ1v) is 6.45. The summed E-state index contributed by atoms with van der Waals surface area (Å²) in [7, 11) is 1.95. The van der Waals surface area contributed by atoms with Gasteiger partial charge in [-0.3, -0.25) is 0 Å². The third-order valence-electron chi connectivity index (χ3n) is 3.10. The smallest absolute Gasteiger partial charge is 0.167 e. The van der Waals surface area contributed by atoms with Crippen molar-refractivity contribution in [3.8, 4) is 5.75 Å². The predicted molar refractivity (Wildman–Crippen MR) is 73.7 cm³/mol. The number of anilines is 1. The van der Waals surface area contributed by atoms with Gasteiger partial charge in [-0.05, 0) is 31.5 Å². The molecule has 0 aliphatic heterocycles. The van der Waals surface area contributed by atoms with Crippen molar-refractivity contribution in [2.24, 2.45) is 11.7 Å². The van der Waals surface area contributed by atoms with Crippen LogP contribution in [-0.4, -0.2) is 26.7 Å². The highest BCUT2D eigenvalue weighted by atomic mass is 19.1. The Morgan fingerprint density at radius 3 is 2.61 bits per heavy atom. The average Bonchev–Trinajstić information content (AvgIpc) is 2.38. The molecule has 18 heavy (non-hydrogen) atoms. The molecule has 0 aromatic heterocycles. The van der Waals surface area contributed by atoms with E-state index >= 15 is 0 Å². The summed E-state index contributed by atoms with van der Waals surface area (Å²) >= 11 is 0. The van der Waals surface area contributed by atoms with Gasteiger partial charge in [0.05, 0.1) is 6.61 Å². The molecule has 1 atom stereocenters. The molecule has 1 aromatic carbocycles. The maximum atomic E-state index is 13.7. The molecular formula is C14H23FN2O.